The number of ether oxygens (including phenoxy) is 3. The van der Waals surface area contributed by atoms with E-state index in [1.54, 1.807) is 0 Å². The number of imide groups is 1. The molecule has 9 N–H and O–H groups in total. The molecule has 0 bridgehead atoms. The third kappa shape index (κ3) is 6.45. The molecule has 1 aromatic rings. The summed E-state index contributed by atoms with van der Waals surface area (Å²) in [4.78, 5) is 66.8. The van der Waals surface area contributed by atoms with Crippen LogP contribution in [0.5, 0.6) is 0 Å². The van der Waals surface area contributed by atoms with Crippen molar-refractivity contribution >= 4 is 17.7 Å². The van der Waals surface area contributed by atoms with Crippen molar-refractivity contribution in [2.45, 2.75) is 74.3 Å². The van der Waals surface area contributed by atoms with Crippen LogP contribution in [0, 0.1) is 11.8 Å². The third-order valence-electron chi connectivity index (χ3n) is 8.63. The summed E-state index contributed by atoms with van der Waals surface area (Å²) in [5.41, 5.74) is 3.92. The second-order valence-electron chi connectivity index (χ2n) is 11.5. The number of aliphatic hydroxyl groups excluding tert-OH is 5. The minimum absolute atomic E-state index is 0.215. The van der Waals surface area contributed by atoms with Crippen molar-refractivity contribution in [1.82, 2.24) is 24.7 Å². The Morgan fingerprint density at radius 2 is 1.78 bits per heavy atom. The third-order valence-corrected chi connectivity index (χ3v) is 8.63. The Morgan fingerprint density at radius 1 is 1.11 bits per heavy atom. The number of aliphatic hydroxyl groups is 5. The van der Waals surface area contributed by atoms with Gasteiger partial charge in [0.15, 0.2) is 12.5 Å². The molecule has 19 nitrogen and oxygen atoms in total. The van der Waals surface area contributed by atoms with E-state index in [2.05, 4.69) is 5.32 Å². The molecule has 0 spiro atoms. The smallest absolute Gasteiger partial charge is 0.330 e. The Bertz CT molecular complexity index is 1370. The number of hydrogen-bond acceptors (Lipinski definition) is 15. The minimum atomic E-state index is -1.85. The zero-order valence-corrected chi connectivity index (χ0v) is 25.0. The maximum absolute atomic E-state index is 13.4. The van der Waals surface area contributed by atoms with Gasteiger partial charge < -0.3 is 50.8 Å². The topological polar surface area (TPSA) is 279 Å². The van der Waals surface area contributed by atoms with Crippen LogP contribution >= 0.6 is 0 Å². The molecule has 0 aliphatic carbocycles. The van der Waals surface area contributed by atoms with E-state index in [4.69, 9.17) is 19.9 Å². The number of hydrogen-bond donors (Lipinski definition) is 8. The molecule has 252 valence electrons. The Hall–Kier alpha value is -3.11. The van der Waals surface area contributed by atoms with E-state index in [1.165, 1.54) is 33.0 Å². The summed E-state index contributed by atoms with van der Waals surface area (Å²) in [6.07, 6.45) is -14.9. The van der Waals surface area contributed by atoms with Crippen molar-refractivity contribution < 1.29 is 54.1 Å². The highest BCUT2D eigenvalue weighted by molar-refractivity contribution is 6.04. The van der Waals surface area contributed by atoms with Crippen LogP contribution in [0.3, 0.4) is 0 Å². The molecule has 3 aliphatic heterocycles. The molecule has 3 saturated heterocycles. The largest absolute Gasteiger partial charge is 0.391 e. The molecule has 13 atom stereocenters. The highest BCUT2D eigenvalue weighted by Crippen LogP contribution is 2.36. The van der Waals surface area contributed by atoms with E-state index in [9.17, 15) is 49.5 Å². The molecule has 9 unspecified atom stereocenters. The number of amides is 3. The number of carbonyl (C=O) groups excluding carboxylic acids is 3. The van der Waals surface area contributed by atoms with Crippen LogP contribution in [0.25, 0.3) is 0 Å². The van der Waals surface area contributed by atoms with Crippen molar-refractivity contribution in [2.75, 3.05) is 34.2 Å². The molecular weight excluding hydrogens is 604 g/mol. The van der Waals surface area contributed by atoms with Crippen LogP contribution < -0.4 is 22.3 Å². The summed E-state index contributed by atoms with van der Waals surface area (Å²) < 4.78 is 18.3. The molecule has 3 aliphatic rings. The average molecular weight is 645 g/mol. The first-order chi connectivity index (χ1) is 21.1. The summed E-state index contributed by atoms with van der Waals surface area (Å²) in [6, 6.07) is -0.536. The summed E-state index contributed by atoms with van der Waals surface area (Å²) >= 11 is 0. The number of nitrogens with one attached hydrogen (secondary N) is 2. The Labute approximate surface area is 256 Å². The van der Waals surface area contributed by atoms with E-state index in [-0.39, 0.29) is 6.54 Å². The van der Waals surface area contributed by atoms with Gasteiger partial charge in [-0.3, -0.25) is 38.5 Å². The fourth-order valence-corrected chi connectivity index (χ4v) is 6.10. The molecule has 0 radical (unpaired) electrons. The average Bonchev–Trinajstić information content (AvgIpc) is 3.51. The summed E-state index contributed by atoms with van der Waals surface area (Å²) in [7, 11) is 3.95. The molecule has 0 aromatic carbocycles. The van der Waals surface area contributed by atoms with E-state index in [0.717, 1.165) is 21.7 Å². The second-order valence-corrected chi connectivity index (χ2v) is 11.5. The number of aromatic amines is 1. The van der Waals surface area contributed by atoms with Gasteiger partial charge in [-0.25, -0.2) is 4.79 Å². The van der Waals surface area contributed by atoms with Crippen molar-refractivity contribution in [3.8, 4) is 0 Å². The van der Waals surface area contributed by atoms with Crippen LogP contribution in [-0.4, -0.2) is 158 Å². The lowest BCUT2D eigenvalue weighted by Gasteiger charge is -2.39. The first kappa shape index (κ1) is 34.8. The predicted octanol–water partition coefficient (Wildman–Crippen LogP) is -6.40. The number of nitrogens with two attached hydrogens (primary N) is 1. The van der Waals surface area contributed by atoms with Gasteiger partial charge in [0.05, 0.1) is 12.0 Å². The lowest BCUT2D eigenvalue weighted by atomic mass is 9.90. The fourth-order valence-electron chi connectivity index (χ4n) is 6.10. The number of H-pyrrole nitrogens is 1. The van der Waals surface area contributed by atoms with Gasteiger partial charge in [-0.15, -0.1) is 0 Å². The van der Waals surface area contributed by atoms with Crippen LogP contribution in [0.1, 0.15) is 13.2 Å². The van der Waals surface area contributed by atoms with E-state index in [0.29, 0.717) is 0 Å². The van der Waals surface area contributed by atoms with Gasteiger partial charge in [0.25, 0.3) is 5.56 Å². The van der Waals surface area contributed by atoms with Crippen molar-refractivity contribution in [3.63, 3.8) is 0 Å². The van der Waals surface area contributed by atoms with Crippen molar-refractivity contribution in [1.29, 1.82) is 0 Å². The number of nitrogens with zero attached hydrogens (tertiary/aromatic N) is 3. The molecule has 45 heavy (non-hydrogen) atoms. The molecular formula is C26H40N6O13. The van der Waals surface area contributed by atoms with Crippen LogP contribution in [-0.2, 0) is 28.6 Å². The number of likely N-dealkylation sites (N-methyl/N-ethyl adjacent to an activating group) is 2. The van der Waals surface area contributed by atoms with Crippen LogP contribution in [0.2, 0.25) is 0 Å². The highest BCUT2D eigenvalue weighted by atomic mass is 16.7. The number of likely N-dealkylation sites (tertiary alicyclic amines) is 1. The molecule has 1 aromatic heterocycles. The summed E-state index contributed by atoms with van der Waals surface area (Å²) in [5.74, 6) is -3.88. The maximum atomic E-state index is 13.4. The van der Waals surface area contributed by atoms with Gasteiger partial charge in [-0.1, -0.05) is 6.92 Å². The molecule has 19 heteroatoms. The zero-order chi connectivity index (χ0) is 33.5. The predicted molar refractivity (Wildman–Crippen MR) is 149 cm³/mol. The Balaban J connectivity index is 1.71. The molecule has 4 rings (SSSR count). The van der Waals surface area contributed by atoms with E-state index < -0.39 is 115 Å². The first-order valence-corrected chi connectivity index (χ1v) is 14.3. The van der Waals surface area contributed by atoms with Crippen LogP contribution in [0.15, 0.2) is 21.9 Å². The molecule has 3 fully saturated rings. The van der Waals surface area contributed by atoms with Crippen LogP contribution in [0.4, 0.5) is 0 Å². The fraction of sp³-hybridized carbons (Fsp3) is 0.731. The van der Waals surface area contributed by atoms with E-state index in [1.807, 2.05) is 4.98 Å². The van der Waals surface area contributed by atoms with Gasteiger partial charge in [0.1, 0.15) is 48.8 Å². The van der Waals surface area contributed by atoms with Crippen molar-refractivity contribution in [3.05, 3.63) is 33.1 Å². The summed E-state index contributed by atoms with van der Waals surface area (Å²) in [5, 5.41) is 56.6. The standard InChI is InChI=1S/C26H40N6O13/c1-9-13(23(41)31(4)22(9)40)10(33)8-30(3)14(21(39)28-2)19(45-25-18(38)15(35)11(7-27)43-25)20-16(36)17(37)24(44-20)32-6-5-12(34)29-26(32)42/h5-6,9-11,13-20,24-25,33,35-38H,7-8,27H2,1-4H3,(H,28,39)(H,29,34,42)/t9?,10-,11?,13-,14-,15?,16?,17?,18?,19-,20?,24?,25?/m0/s1. The van der Waals surface area contributed by atoms with Gasteiger partial charge in [0, 0.05) is 45.4 Å². The lowest BCUT2D eigenvalue weighted by molar-refractivity contribution is -0.233. The van der Waals surface area contributed by atoms with Gasteiger partial charge in [0.2, 0.25) is 17.7 Å². The SMILES string of the molecule is CNC(=O)[C@H]([C@H](OC1OC(CN)C(O)C1O)C1OC(n2ccc(=O)[nH]c2=O)C(O)C1O)N(C)C[C@H](O)[C@H]1C(=O)N(C)C(=O)C1C. The second kappa shape index (κ2) is 13.7. The minimum Gasteiger partial charge on any atom is -0.391 e. The molecule has 3 amide bonds. The zero-order valence-electron chi connectivity index (χ0n) is 25.0. The van der Waals surface area contributed by atoms with Gasteiger partial charge in [-0.05, 0) is 7.05 Å². The number of carbonyl (C=O) groups is 3. The maximum Gasteiger partial charge on any atom is 0.330 e. The number of rotatable bonds is 11. The van der Waals surface area contributed by atoms with Gasteiger partial charge >= 0.3 is 5.69 Å². The monoisotopic (exact) mass is 644 g/mol. The highest BCUT2D eigenvalue weighted by Gasteiger charge is 2.55. The van der Waals surface area contributed by atoms with Crippen molar-refractivity contribution in [2.24, 2.45) is 17.6 Å². The summed E-state index contributed by atoms with van der Waals surface area (Å²) in [6.45, 7) is 0.879. The van der Waals surface area contributed by atoms with E-state index >= 15 is 0 Å². The quantitative estimate of drug-likeness (QED) is 0.104. The molecule has 0 saturated carbocycles. The Kier molecular flexibility index (Phi) is 10.6. The van der Waals surface area contributed by atoms with Gasteiger partial charge in [-0.2, -0.15) is 0 Å². The normalized spacial score (nSPS) is 35.7. The molecule has 4 heterocycles. The first-order valence-electron chi connectivity index (χ1n) is 14.3. The lowest BCUT2D eigenvalue weighted by Crippen LogP contribution is -2.61. The number of aromatic nitrogens is 2. The Morgan fingerprint density at radius 3 is 2.31 bits per heavy atom.